The SMILES string of the molecule is Cc1ccc(C)c(NC(=O)C(C)N2CCC=CC2CN)c1. The summed E-state index contributed by atoms with van der Waals surface area (Å²) in [6.45, 7) is 7.39. The number of anilines is 1. The highest BCUT2D eigenvalue weighted by Crippen LogP contribution is 2.19. The van der Waals surface area contributed by atoms with Crippen LogP contribution in [0.15, 0.2) is 30.4 Å². The number of carbonyl (C=O) groups excluding carboxylic acids is 1. The van der Waals surface area contributed by atoms with Crippen molar-refractivity contribution in [2.45, 2.75) is 39.3 Å². The van der Waals surface area contributed by atoms with E-state index in [0.717, 1.165) is 29.8 Å². The topological polar surface area (TPSA) is 58.4 Å². The number of amides is 1. The second kappa shape index (κ2) is 6.87. The van der Waals surface area contributed by atoms with Gasteiger partial charge in [-0.2, -0.15) is 0 Å². The van der Waals surface area contributed by atoms with Crippen LogP contribution in [-0.4, -0.2) is 36.0 Å². The van der Waals surface area contributed by atoms with Gasteiger partial charge in [-0.15, -0.1) is 0 Å². The van der Waals surface area contributed by atoms with Crippen molar-refractivity contribution < 1.29 is 4.79 Å². The first-order valence-corrected chi connectivity index (χ1v) is 7.53. The van der Waals surface area contributed by atoms with Crippen molar-refractivity contribution in [2.75, 3.05) is 18.4 Å². The molecular formula is C17H25N3O. The van der Waals surface area contributed by atoms with E-state index in [1.807, 2.05) is 39.0 Å². The molecule has 0 bridgehead atoms. The molecule has 2 atom stereocenters. The first kappa shape index (κ1) is 15.7. The van der Waals surface area contributed by atoms with Crippen LogP contribution in [0.1, 0.15) is 24.5 Å². The van der Waals surface area contributed by atoms with Gasteiger partial charge < -0.3 is 11.1 Å². The van der Waals surface area contributed by atoms with Crippen molar-refractivity contribution in [3.8, 4) is 0 Å². The van der Waals surface area contributed by atoms with Gasteiger partial charge >= 0.3 is 0 Å². The highest BCUT2D eigenvalue weighted by atomic mass is 16.2. The lowest BCUT2D eigenvalue weighted by atomic mass is 10.1. The van der Waals surface area contributed by atoms with Crippen LogP contribution in [0.5, 0.6) is 0 Å². The van der Waals surface area contributed by atoms with E-state index in [2.05, 4.69) is 22.4 Å². The number of carbonyl (C=O) groups is 1. The number of rotatable bonds is 4. The second-order valence-electron chi connectivity index (χ2n) is 5.74. The maximum absolute atomic E-state index is 12.5. The van der Waals surface area contributed by atoms with Crippen LogP contribution in [0.25, 0.3) is 0 Å². The van der Waals surface area contributed by atoms with Crippen LogP contribution in [0.2, 0.25) is 0 Å². The second-order valence-corrected chi connectivity index (χ2v) is 5.74. The monoisotopic (exact) mass is 287 g/mol. The summed E-state index contributed by atoms with van der Waals surface area (Å²) in [5, 5.41) is 3.05. The van der Waals surface area contributed by atoms with Gasteiger partial charge in [-0.25, -0.2) is 0 Å². The molecule has 1 aromatic carbocycles. The summed E-state index contributed by atoms with van der Waals surface area (Å²) < 4.78 is 0. The molecule has 2 unspecified atom stereocenters. The van der Waals surface area contributed by atoms with E-state index in [9.17, 15) is 4.79 Å². The van der Waals surface area contributed by atoms with Crippen LogP contribution in [-0.2, 0) is 4.79 Å². The lowest BCUT2D eigenvalue weighted by Gasteiger charge is -2.35. The van der Waals surface area contributed by atoms with Gasteiger partial charge in [0.05, 0.1) is 6.04 Å². The molecular weight excluding hydrogens is 262 g/mol. The average Bonchev–Trinajstić information content (AvgIpc) is 2.50. The maximum atomic E-state index is 12.5. The fraction of sp³-hybridized carbons (Fsp3) is 0.471. The normalized spacial score (nSPS) is 20.3. The van der Waals surface area contributed by atoms with Crippen LogP contribution < -0.4 is 11.1 Å². The third kappa shape index (κ3) is 3.71. The Kier molecular flexibility index (Phi) is 5.15. The molecule has 1 aromatic rings. The van der Waals surface area contributed by atoms with E-state index >= 15 is 0 Å². The van der Waals surface area contributed by atoms with Crippen molar-refractivity contribution in [1.29, 1.82) is 0 Å². The molecule has 0 fully saturated rings. The third-order valence-corrected chi connectivity index (χ3v) is 4.11. The first-order valence-electron chi connectivity index (χ1n) is 7.53. The molecule has 114 valence electrons. The average molecular weight is 287 g/mol. The number of aryl methyl sites for hydroxylation is 2. The van der Waals surface area contributed by atoms with Gasteiger partial charge in [0.25, 0.3) is 0 Å². The molecule has 1 aliphatic rings. The standard InChI is InChI=1S/C17H25N3O/c1-12-7-8-13(2)16(10-12)19-17(21)14(3)20-9-5-4-6-15(20)11-18/h4,6-8,10,14-15H,5,9,11,18H2,1-3H3,(H,19,21). The number of benzene rings is 1. The van der Waals surface area contributed by atoms with Crippen LogP contribution in [0.3, 0.4) is 0 Å². The van der Waals surface area contributed by atoms with E-state index < -0.39 is 0 Å². The van der Waals surface area contributed by atoms with Gasteiger partial charge in [0, 0.05) is 24.8 Å². The Balaban J connectivity index is 2.09. The number of nitrogens with zero attached hydrogens (tertiary/aromatic N) is 1. The Bertz CT molecular complexity index is 539. The lowest BCUT2D eigenvalue weighted by molar-refractivity contribution is -0.121. The van der Waals surface area contributed by atoms with Gasteiger partial charge in [0.1, 0.15) is 0 Å². The minimum atomic E-state index is -0.191. The van der Waals surface area contributed by atoms with E-state index in [-0.39, 0.29) is 18.0 Å². The molecule has 0 spiro atoms. The summed E-state index contributed by atoms with van der Waals surface area (Å²) >= 11 is 0. The number of nitrogens with two attached hydrogens (primary N) is 1. The van der Waals surface area contributed by atoms with Gasteiger partial charge in [-0.3, -0.25) is 9.69 Å². The van der Waals surface area contributed by atoms with E-state index in [0.29, 0.717) is 6.54 Å². The lowest BCUT2D eigenvalue weighted by Crippen LogP contribution is -2.51. The third-order valence-electron chi connectivity index (χ3n) is 4.11. The highest BCUT2D eigenvalue weighted by molar-refractivity contribution is 5.95. The van der Waals surface area contributed by atoms with Crippen molar-refractivity contribution in [2.24, 2.45) is 5.73 Å². The molecule has 0 saturated heterocycles. The van der Waals surface area contributed by atoms with Gasteiger partial charge in [-0.05, 0) is 44.4 Å². The van der Waals surface area contributed by atoms with E-state index in [4.69, 9.17) is 5.73 Å². The molecule has 4 nitrogen and oxygen atoms in total. The number of hydrogen-bond acceptors (Lipinski definition) is 3. The van der Waals surface area contributed by atoms with Crippen molar-refractivity contribution >= 4 is 11.6 Å². The van der Waals surface area contributed by atoms with Gasteiger partial charge in [0.15, 0.2) is 0 Å². The molecule has 1 aliphatic heterocycles. The minimum Gasteiger partial charge on any atom is -0.329 e. The summed E-state index contributed by atoms with van der Waals surface area (Å²) in [6, 6.07) is 6.05. The van der Waals surface area contributed by atoms with Crippen molar-refractivity contribution in [1.82, 2.24) is 4.90 Å². The zero-order chi connectivity index (χ0) is 15.4. The highest BCUT2D eigenvalue weighted by Gasteiger charge is 2.27. The van der Waals surface area contributed by atoms with Gasteiger partial charge in [-0.1, -0.05) is 24.3 Å². The summed E-state index contributed by atoms with van der Waals surface area (Å²) in [4.78, 5) is 14.7. The Morgan fingerprint density at radius 2 is 2.24 bits per heavy atom. The van der Waals surface area contributed by atoms with Gasteiger partial charge in [0.2, 0.25) is 5.91 Å². The smallest absolute Gasteiger partial charge is 0.241 e. The fourth-order valence-electron chi connectivity index (χ4n) is 2.71. The predicted octanol–water partition coefficient (Wildman–Crippen LogP) is 2.22. The van der Waals surface area contributed by atoms with Crippen LogP contribution >= 0.6 is 0 Å². The molecule has 0 aliphatic carbocycles. The molecule has 0 aromatic heterocycles. The molecule has 21 heavy (non-hydrogen) atoms. The molecule has 0 radical (unpaired) electrons. The molecule has 0 saturated carbocycles. The molecule has 3 N–H and O–H groups in total. The minimum absolute atomic E-state index is 0.0254. The van der Waals surface area contributed by atoms with Crippen LogP contribution in [0, 0.1) is 13.8 Å². The summed E-state index contributed by atoms with van der Waals surface area (Å²) in [6.07, 6.45) is 5.21. The number of hydrogen-bond donors (Lipinski definition) is 2. The Morgan fingerprint density at radius 1 is 1.48 bits per heavy atom. The van der Waals surface area contributed by atoms with E-state index in [1.165, 1.54) is 0 Å². The quantitative estimate of drug-likeness (QED) is 0.835. The Labute approximate surface area is 127 Å². The molecule has 1 heterocycles. The van der Waals surface area contributed by atoms with Crippen LogP contribution in [0.4, 0.5) is 5.69 Å². The first-order chi connectivity index (χ1) is 10.0. The van der Waals surface area contributed by atoms with Crippen molar-refractivity contribution in [3.05, 3.63) is 41.5 Å². The Morgan fingerprint density at radius 3 is 2.95 bits per heavy atom. The Hall–Kier alpha value is -1.65. The zero-order valence-electron chi connectivity index (χ0n) is 13.1. The summed E-state index contributed by atoms with van der Waals surface area (Å²) in [5.41, 5.74) is 8.92. The summed E-state index contributed by atoms with van der Waals surface area (Å²) in [5.74, 6) is 0.0254. The number of nitrogens with one attached hydrogen (secondary N) is 1. The maximum Gasteiger partial charge on any atom is 0.241 e. The fourth-order valence-corrected chi connectivity index (χ4v) is 2.71. The molecule has 4 heteroatoms. The largest absolute Gasteiger partial charge is 0.329 e. The van der Waals surface area contributed by atoms with Crippen molar-refractivity contribution in [3.63, 3.8) is 0 Å². The molecule has 2 rings (SSSR count). The predicted molar refractivity (Wildman–Crippen MR) is 87.3 cm³/mol. The summed E-state index contributed by atoms with van der Waals surface area (Å²) in [7, 11) is 0. The zero-order valence-corrected chi connectivity index (χ0v) is 13.1. The molecule has 1 amide bonds. The van der Waals surface area contributed by atoms with E-state index in [1.54, 1.807) is 0 Å².